The molecular formula is C22H35NO4S. The summed E-state index contributed by atoms with van der Waals surface area (Å²) < 4.78 is 0. The molecule has 1 unspecified atom stereocenters. The Bertz CT molecular complexity index is 559. The van der Waals surface area contributed by atoms with Crippen LogP contribution >= 0.6 is 11.8 Å². The van der Waals surface area contributed by atoms with Gasteiger partial charge < -0.3 is 15.5 Å². The molecule has 158 valence electrons. The lowest BCUT2D eigenvalue weighted by atomic mass is 10.0. The number of benzene rings is 1. The van der Waals surface area contributed by atoms with Crippen LogP contribution < -0.4 is 5.32 Å². The van der Waals surface area contributed by atoms with E-state index in [9.17, 15) is 14.7 Å². The van der Waals surface area contributed by atoms with Gasteiger partial charge in [-0.1, -0.05) is 74.7 Å². The number of rotatable bonds is 8. The van der Waals surface area contributed by atoms with Gasteiger partial charge in [0.15, 0.2) is 5.12 Å². The third kappa shape index (κ3) is 11.5. The maximum absolute atomic E-state index is 10.3. The van der Waals surface area contributed by atoms with E-state index in [4.69, 9.17) is 5.11 Å². The lowest BCUT2D eigenvalue weighted by Crippen LogP contribution is -2.41. The van der Waals surface area contributed by atoms with Crippen molar-refractivity contribution in [3.05, 3.63) is 35.9 Å². The molecule has 0 amide bonds. The van der Waals surface area contributed by atoms with Crippen molar-refractivity contribution in [2.75, 3.05) is 12.4 Å². The van der Waals surface area contributed by atoms with E-state index in [1.54, 1.807) is 6.92 Å². The van der Waals surface area contributed by atoms with Gasteiger partial charge >= 0.3 is 5.97 Å². The van der Waals surface area contributed by atoms with Gasteiger partial charge in [-0.05, 0) is 24.8 Å². The topological polar surface area (TPSA) is 86.6 Å². The number of hydrogen-bond donors (Lipinski definition) is 3. The molecule has 0 heterocycles. The fourth-order valence-electron chi connectivity index (χ4n) is 3.17. The molecule has 0 aromatic heterocycles. The number of nitrogens with one attached hydrogen (secondary N) is 1. The van der Waals surface area contributed by atoms with Crippen molar-refractivity contribution >= 4 is 22.8 Å². The molecule has 6 heteroatoms. The number of aliphatic hydroxyl groups excluding tert-OH is 1. The minimum absolute atomic E-state index is 0.0342. The zero-order valence-corrected chi connectivity index (χ0v) is 17.9. The Labute approximate surface area is 173 Å². The van der Waals surface area contributed by atoms with Crippen LogP contribution in [0.3, 0.4) is 0 Å². The van der Waals surface area contributed by atoms with E-state index in [1.165, 1.54) is 51.0 Å². The van der Waals surface area contributed by atoms with Crippen LogP contribution in [0.1, 0.15) is 57.9 Å². The molecule has 1 saturated carbocycles. The summed E-state index contributed by atoms with van der Waals surface area (Å²) in [6.45, 7) is 3.24. The van der Waals surface area contributed by atoms with Crippen molar-refractivity contribution in [2.45, 2.75) is 70.9 Å². The second-order valence-corrected chi connectivity index (χ2v) is 8.66. The van der Waals surface area contributed by atoms with Crippen molar-refractivity contribution in [1.29, 1.82) is 0 Å². The first-order valence-electron chi connectivity index (χ1n) is 10.2. The van der Waals surface area contributed by atoms with Gasteiger partial charge in [0.05, 0.1) is 12.5 Å². The Hall–Kier alpha value is -1.37. The Morgan fingerprint density at radius 1 is 1.14 bits per heavy atom. The highest BCUT2D eigenvalue weighted by molar-refractivity contribution is 8.13. The smallest absolute Gasteiger partial charge is 0.307 e. The number of aliphatic hydroxyl groups is 1. The van der Waals surface area contributed by atoms with Crippen molar-refractivity contribution in [1.82, 2.24) is 5.32 Å². The molecule has 0 spiro atoms. The summed E-state index contributed by atoms with van der Waals surface area (Å²) in [7, 11) is 0. The van der Waals surface area contributed by atoms with Crippen LogP contribution in [-0.4, -0.2) is 45.7 Å². The minimum Gasteiger partial charge on any atom is -0.481 e. The highest BCUT2D eigenvalue weighted by Crippen LogP contribution is 2.18. The maximum Gasteiger partial charge on any atom is 0.307 e. The summed E-state index contributed by atoms with van der Waals surface area (Å²) in [6.07, 6.45) is 8.88. The zero-order chi connectivity index (χ0) is 20.8. The first-order valence-corrected chi connectivity index (χ1v) is 11.2. The quantitative estimate of drug-likeness (QED) is 0.565. The first kappa shape index (κ1) is 24.7. The predicted molar refractivity (Wildman–Crippen MR) is 116 cm³/mol. The van der Waals surface area contributed by atoms with Crippen LogP contribution in [0.5, 0.6) is 0 Å². The van der Waals surface area contributed by atoms with E-state index < -0.39 is 11.9 Å². The van der Waals surface area contributed by atoms with E-state index in [-0.39, 0.29) is 17.8 Å². The Morgan fingerprint density at radius 3 is 2.25 bits per heavy atom. The van der Waals surface area contributed by atoms with Crippen LogP contribution in [0.15, 0.2) is 30.3 Å². The van der Waals surface area contributed by atoms with Gasteiger partial charge in [0.1, 0.15) is 0 Å². The maximum atomic E-state index is 10.3. The number of carbonyl (C=O) groups is 2. The van der Waals surface area contributed by atoms with Crippen molar-refractivity contribution in [3.8, 4) is 0 Å². The van der Waals surface area contributed by atoms with Gasteiger partial charge in [0, 0.05) is 24.8 Å². The van der Waals surface area contributed by atoms with E-state index in [1.807, 2.05) is 6.07 Å². The molecule has 2 atom stereocenters. The fourth-order valence-corrected chi connectivity index (χ4v) is 3.80. The Kier molecular flexibility index (Phi) is 12.9. The van der Waals surface area contributed by atoms with E-state index >= 15 is 0 Å². The van der Waals surface area contributed by atoms with E-state index in [0.717, 1.165) is 18.2 Å². The molecule has 1 aromatic rings. The van der Waals surface area contributed by atoms with Gasteiger partial charge in [-0.25, -0.2) is 0 Å². The highest BCUT2D eigenvalue weighted by Gasteiger charge is 2.16. The lowest BCUT2D eigenvalue weighted by Gasteiger charge is -2.23. The summed E-state index contributed by atoms with van der Waals surface area (Å²) in [5, 5.41) is 21.5. The van der Waals surface area contributed by atoms with Crippen LogP contribution in [0.25, 0.3) is 0 Å². The highest BCUT2D eigenvalue weighted by atomic mass is 32.2. The third-order valence-corrected chi connectivity index (χ3v) is 5.90. The molecule has 28 heavy (non-hydrogen) atoms. The summed E-state index contributed by atoms with van der Waals surface area (Å²) in [5.74, 6) is -0.923. The molecule has 0 saturated heterocycles. The van der Waals surface area contributed by atoms with Gasteiger partial charge in [0.2, 0.25) is 0 Å². The first-order chi connectivity index (χ1) is 13.4. The molecule has 1 fully saturated rings. The molecule has 5 nitrogen and oxygen atoms in total. The Morgan fingerprint density at radius 2 is 1.75 bits per heavy atom. The molecule has 1 aliphatic carbocycles. The van der Waals surface area contributed by atoms with E-state index in [2.05, 4.69) is 29.6 Å². The molecule has 0 bridgehead atoms. The van der Waals surface area contributed by atoms with Crippen LogP contribution in [0, 0.1) is 5.92 Å². The normalized spacial score (nSPS) is 17.0. The summed E-state index contributed by atoms with van der Waals surface area (Å²) in [4.78, 5) is 20.5. The predicted octanol–water partition coefficient (Wildman–Crippen LogP) is 3.89. The van der Waals surface area contributed by atoms with Gasteiger partial charge in [-0.15, -0.1) is 0 Å². The second-order valence-electron chi connectivity index (χ2n) is 7.47. The monoisotopic (exact) mass is 409 g/mol. The molecule has 1 aliphatic rings. The zero-order valence-electron chi connectivity index (χ0n) is 17.1. The summed E-state index contributed by atoms with van der Waals surface area (Å²) in [5.41, 5.74) is 1.30. The standard InChI is InChI=1S/C16H25NO.C6H10O3S/c18-13-16(12-14-8-4-3-5-9-14)17-15-10-6-1-2-7-11-15;1-4(6(8)9)3-10-5(2)7/h3-5,8-9,15-18H,1-2,6-7,10-13H2;4H,3H2,1-2H3,(H,8,9)/t16-;/m0./s1. The molecule has 1 aromatic carbocycles. The van der Waals surface area contributed by atoms with Crippen LogP contribution in [-0.2, 0) is 16.0 Å². The molecule has 2 rings (SSSR count). The summed E-state index contributed by atoms with van der Waals surface area (Å²) >= 11 is 1.05. The van der Waals surface area contributed by atoms with Gasteiger partial charge in [-0.2, -0.15) is 0 Å². The second kappa shape index (κ2) is 14.6. The van der Waals surface area contributed by atoms with Crippen LogP contribution in [0.4, 0.5) is 0 Å². The molecule has 0 radical (unpaired) electrons. The number of carbonyl (C=O) groups excluding carboxylic acids is 1. The largest absolute Gasteiger partial charge is 0.481 e. The van der Waals surface area contributed by atoms with Crippen molar-refractivity contribution in [2.24, 2.45) is 5.92 Å². The van der Waals surface area contributed by atoms with Crippen molar-refractivity contribution < 1.29 is 19.8 Å². The van der Waals surface area contributed by atoms with Gasteiger partial charge in [0.25, 0.3) is 0 Å². The van der Waals surface area contributed by atoms with E-state index in [0.29, 0.717) is 11.8 Å². The number of aliphatic carboxylic acids is 1. The Balaban J connectivity index is 0.000000336. The number of hydrogen-bond acceptors (Lipinski definition) is 5. The molecule has 0 aliphatic heterocycles. The average molecular weight is 410 g/mol. The molecular weight excluding hydrogens is 374 g/mol. The number of carboxylic acids is 1. The molecule has 3 N–H and O–H groups in total. The fraction of sp³-hybridized carbons (Fsp3) is 0.636. The van der Waals surface area contributed by atoms with Crippen LogP contribution in [0.2, 0.25) is 0 Å². The number of thioether (sulfide) groups is 1. The average Bonchev–Trinajstić information content (AvgIpc) is 2.95. The van der Waals surface area contributed by atoms with Crippen molar-refractivity contribution in [3.63, 3.8) is 0 Å². The van der Waals surface area contributed by atoms with Gasteiger partial charge in [-0.3, -0.25) is 9.59 Å². The SMILES string of the molecule is CC(=O)SCC(C)C(=O)O.OC[C@H](Cc1ccccc1)NC1CCCCCC1. The number of carboxylic acid groups (broad SMARTS) is 1. The third-order valence-electron chi connectivity index (χ3n) is 4.83. The lowest BCUT2D eigenvalue weighted by molar-refractivity contribution is -0.140. The summed E-state index contributed by atoms with van der Waals surface area (Å²) in [6, 6.07) is 11.2. The minimum atomic E-state index is -0.853.